The average molecular weight is 340 g/mol. The van der Waals surface area contributed by atoms with E-state index in [1.54, 1.807) is 26.8 Å². The van der Waals surface area contributed by atoms with E-state index in [9.17, 15) is 14.7 Å². The van der Waals surface area contributed by atoms with E-state index in [0.29, 0.717) is 11.3 Å². The van der Waals surface area contributed by atoms with Crippen LogP contribution in [0, 0.1) is 5.41 Å². The zero-order valence-corrected chi connectivity index (χ0v) is 15.3. The normalized spacial score (nSPS) is 17.4. The molecule has 25 heavy (non-hydrogen) atoms. The average Bonchev–Trinajstić information content (AvgIpc) is 2.59. The largest absolute Gasteiger partial charge is 0.507 e. The fraction of sp³-hybridized carbons (Fsp3) is 0.333. The highest BCUT2D eigenvalue weighted by atomic mass is 16.5. The van der Waals surface area contributed by atoms with E-state index in [1.165, 1.54) is 18.7 Å². The molecule has 2 rings (SSSR count). The molecule has 0 atom stereocenters. The highest BCUT2D eigenvalue weighted by molar-refractivity contribution is 6.28. The van der Waals surface area contributed by atoms with Crippen molar-refractivity contribution in [1.82, 2.24) is 0 Å². The Balaban J connectivity index is 2.37. The van der Waals surface area contributed by atoms with Crippen molar-refractivity contribution in [2.45, 2.75) is 34.1 Å². The van der Waals surface area contributed by atoms with E-state index < -0.39 is 17.0 Å². The molecule has 0 unspecified atom stereocenters. The predicted octanol–water partition coefficient (Wildman–Crippen LogP) is 4.17. The number of hydrogen-bond acceptors (Lipinski definition) is 4. The summed E-state index contributed by atoms with van der Waals surface area (Å²) in [6.45, 7) is 7.09. The molecule has 0 spiro atoms. The lowest BCUT2D eigenvalue weighted by Crippen LogP contribution is -2.36. The van der Waals surface area contributed by atoms with E-state index in [-0.39, 0.29) is 11.3 Å². The van der Waals surface area contributed by atoms with Gasteiger partial charge in [-0.2, -0.15) is 0 Å². The maximum atomic E-state index is 12.7. The van der Waals surface area contributed by atoms with Gasteiger partial charge in [-0.15, -0.1) is 0 Å². The molecule has 0 fully saturated rings. The SMILES string of the molecule is CCc1ccc(/C=C/C(=O)C2=C(O)C(C)=C(OC)C(C)(C)C2=O)cc1. The molecule has 0 saturated heterocycles. The number of methoxy groups -OCH3 is 1. The smallest absolute Gasteiger partial charge is 0.193 e. The maximum absolute atomic E-state index is 12.7. The van der Waals surface area contributed by atoms with Crippen molar-refractivity contribution in [3.63, 3.8) is 0 Å². The molecule has 4 nitrogen and oxygen atoms in total. The molecular formula is C21H24O4. The highest BCUT2D eigenvalue weighted by Gasteiger charge is 2.44. The Labute approximate surface area is 148 Å². The first-order valence-corrected chi connectivity index (χ1v) is 8.29. The number of aryl methyl sites for hydroxylation is 1. The van der Waals surface area contributed by atoms with Gasteiger partial charge in [-0.05, 0) is 44.4 Å². The fourth-order valence-corrected chi connectivity index (χ4v) is 3.04. The van der Waals surface area contributed by atoms with Crippen molar-refractivity contribution < 1.29 is 19.4 Å². The zero-order chi connectivity index (χ0) is 18.8. The number of allylic oxidation sites excluding steroid dienone is 4. The molecule has 0 radical (unpaired) electrons. The summed E-state index contributed by atoms with van der Waals surface area (Å²) in [4.78, 5) is 25.3. The topological polar surface area (TPSA) is 63.6 Å². The number of carbonyl (C=O) groups is 2. The number of aliphatic hydroxyl groups is 1. The first-order chi connectivity index (χ1) is 11.7. The van der Waals surface area contributed by atoms with Gasteiger partial charge in [-0.3, -0.25) is 9.59 Å². The van der Waals surface area contributed by atoms with Crippen LogP contribution in [0.2, 0.25) is 0 Å². The number of Topliss-reactive ketones (excluding diaryl/α,β-unsaturated/α-hetero) is 1. The Morgan fingerprint density at radius 1 is 1.24 bits per heavy atom. The molecule has 4 heteroatoms. The van der Waals surface area contributed by atoms with Gasteiger partial charge in [-0.25, -0.2) is 0 Å². The summed E-state index contributed by atoms with van der Waals surface area (Å²) in [5.41, 5.74) is 1.30. The van der Waals surface area contributed by atoms with E-state index in [1.807, 2.05) is 24.3 Å². The Bertz CT molecular complexity index is 790. The first-order valence-electron chi connectivity index (χ1n) is 8.29. The fourth-order valence-electron chi connectivity index (χ4n) is 3.04. The van der Waals surface area contributed by atoms with Crippen LogP contribution in [0.3, 0.4) is 0 Å². The van der Waals surface area contributed by atoms with Gasteiger partial charge in [0, 0.05) is 5.57 Å². The second-order valence-corrected chi connectivity index (χ2v) is 6.63. The number of carbonyl (C=O) groups excluding carboxylic acids is 2. The monoisotopic (exact) mass is 340 g/mol. The van der Waals surface area contributed by atoms with Crippen LogP contribution >= 0.6 is 0 Å². The van der Waals surface area contributed by atoms with Crippen LogP contribution in [0.4, 0.5) is 0 Å². The Hall–Kier alpha value is -2.62. The molecule has 1 aliphatic rings. The summed E-state index contributed by atoms with van der Waals surface area (Å²) in [6, 6.07) is 7.82. The van der Waals surface area contributed by atoms with Crippen molar-refractivity contribution in [2.24, 2.45) is 5.41 Å². The standard InChI is InChI=1S/C21H24O4/c1-6-14-7-9-15(10-8-14)11-12-16(22)17-18(23)13(2)20(25-5)21(3,4)19(17)24/h7-12,23H,6H2,1-5H3/b12-11+. The summed E-state index contributed by atoms with van der Waals surface area (Å²) in [5.74, 6) is -0.879. The van der Waals surface area contributed by atoms with Crippen molar-refractivity contribution in [2.75, 3.05) is 7.11 Å². The lowest BCUT2D eigenvalue weighted by Gasteiger charge is -2.31. The predicted molar refractivity (Wildman–Crippen MR) is 98.0 cm³/mol. The van der Waals surface area contributed by atoms with Crippen LogP contribution in [-0.4, -0.2) is 23.8 Å². The third kappa shape index (κ3) is 3.43. The number of ketones is 2. The van der Waals surface area contributed by atoms with Crippen LogP contribution in [0.15, 0.2) is 53.0 Å². The summed E-state index contributed by atoms with van der Waals surface area (Å²) in [6.07, 6.45) is 3.92. The lowest BCUT2D eigenvalue weighted by atomic mass is 9.74. The van der Waals surface area contributed by atoms with Crippen LogP contribution in [0.1, 0.15) is 38.8 Å². The molecule has 1 aromatic rings. The van der Waals surface area contributed by atoms with Gasteiger partial charge in [-0.1, -0.05) is 37.3 Å². The van der Waals surface area contributed by atoms with Crippen LogP contribution < -0.4 is 0 Å². The zero-order valence-electron chi connectivity index (χ0n) is 15.3. The Morgan fingerprint density at radius 3 is 2.36 bits per heavy atom. The van der Waals surface area contributed by atoms with Gasteiger partial charge >= 0.3 is 0 Å². The lowest BCUT2D eigenvalue weighted by molar-refractivity contribution is -0.126. The third-order valence-electron chi connectivity index (χ3n) is 4.56. The van der Waals surface area contributed by atoms with Gasteiger partial charge in [0.2, 0.25) is 0 Å². The molecule has 1 aliphatic carbocycles. The van der Waals surface area contributed by atoms with E-state index in [0.717, 1.165) is 12.0 Å². The van der Waals surface area contributed by atoms with Crippen molar-refractivity contribution in [1.29, 1.82) is 0 Å². The molecule has 0 aliphatic heterocycles. The Kier molecular flexibility index (Phi) is 5.31. The van der Waals surface area contributed by atoms with Gasteiger partial charge in [0.15, 0.2) is 11.6 Å². The van der Waals surface area contributed by atoms with Gasteiger partial charge in [0.05, 0.1) is 12.5 Å². The van der Waals surface area contributed by atoms with E-state index >= 15 is 0 Å². The van der Waals surface area contributed by atoms with Gasteiger partial charge in [0.1, 0.15) is 17.1 Å². The van der Waals surface area contributed by atoms with Crippen LogP contribution in [-0.2, 0) is 20.7 Å². The minimum Gasteiger partial charge on any atom is -0.507 e. The summed E-state index contributed by atoms with van der Waals surface area (Å²) < 4.78 is 5.27. The molecule has 0 amide bonds. The van der Waals surface area contributed by atoms with Crippen molar-refractivity contribution in [3.8, 4) is 0 Å². The Morgan fingerprint density at radius 2 is 1.84 bits per heavy atom. The number of hydrogen-bond donors (Lipinski definition) is 1. The molecule has 1 aromatic carbocycles. The maximum Gasteiger partial charge on any atom is 0.193 e. The number of rotatable bonds is 5. The van der Waals surface area contributed by atoms with Gasteiger partial charge < -0.3 is 9.84 Å². The second kappa shape index (κ2) is 7.09. The van der Waals surface area contributed by atoms with Crippen molar-refractivity contribution >= 4 is 17.6 Å². The summed E-state index contributed by atoms with van der Waals surface area (Å²) in [5, 5.41) is 10.3. The highest BCUT2D eigenvalue weighted by Crippen LogP contribution is 2.40. The summed E-state index contributed by atoms with van der Waals surface area (Å²) in [7, 11) is 1.45. The van der Waals surface area contributed by atoms with Crippen LogP contribution in [0.25, 0.3) is 6.08 Å². The number of aliphatic hydroxyl groups excluding tert-OH is 1. The van der Waals surface area contributed by atoms with E-state index in [2.05, 4.69) is 6.92 Å². The third-order valence-corrected chi connectivity index (χ3v) is 4.56. The molecule has 0 aromatic heterocycles. The molecule has 132 valence electrons. The number of benzene rings is 1. The molecule has 1 N–H and O–H groups in total. The second-order valence-electron chi connectivity index (χ2n) is 6.63. The first kappa shape index (κ1) is 18.7. The van der Waals surface area contributed by atoms with Crippen LogP contribution in [0.5, 0.6) is 0 Å². The minimum absolute atomic E-state index is 0.190. The minimum atomic E-state index is -0.993. The molecular weight excluding hydrogens is 316 g/mol. The number of ether oxygens (including phenoxy) is 1. The van der Waals surface area contributed by atoms with Crippen molar-refractivity contribution in [3.05, 3.63) is 64.1 Å². The van der Waals surface area contributed by atoms with E-state index in [4.69, 9.17) is 4.74 Å². The quantitative estimate of drug-likeness (QED) is 0.645. The molecule has 0 heterocycles. The summed E-state index contributed by atoms with van der Waals surface area (Å²) >= 11 is 0. The van der Waals surface area contributed by atoms with Gasteiger partial charge in [0.25, 0.3) is 0 Å². The molecule has 0 saturated carbocycles. The molecule has 0 bridgehead atoms.